The summed E-state index contributed by atoms with van der Waals surface area (Å²) in [5.74, 6) is 0.114. The van der Waals surface area contributed by atoms with Gasteiger partial charge in [-0.3, -0.25) is 14.2 Å². The zero-order valence-corrected chi connectivity index (χ0v) is 11.9. The number of hydrogen-bond acceptors (Lipinski definition) is 8. The Morgan fingerprint density at radius 1 is 1.57 bits per heavy atom. The quantitative estimate of drug-likeness (QED) is 0.401. The first-order valence-electron chi connectivity index (χ1n) is 6.92. The molecule has 1 aliphatic heterocycles. The zero-order chi connectivity index (χ0) is 16.4. The van der Waals surface area contributed by atoms with E-state index in [9.17, 15) is 19.8 Å². The number of anilines is 1. The second-order valence-corrected chi connectivity index (χ2v) is 4.97. The Labute approximate surface area is 129 Å². The minimum absolute atomic E-state index is 0.114. The van der Waals surface area contributed by atoms with Crippen LogP contribution in [0.25, 0.3) is 11.2 Å². The number of allylic oxidation sites excluding steroid dienone is 1. The lowest BCUT2D eigenvalue weighted by atomic mass is 10.2. The zero-order valence-electron chi connectivity index (χ0n) is 11.9. The number of aliphatic hydroxyl groups is 2. The van der Waals surface area contributed by atoms with Gasteiger partial charge in [-0.2, -0.15) is 4.98 Å². The number of carbonyl (C=O) groups excluding carboxylic acids is 1. The fourth-order valence-electron chi connectivity index (χ4n) is 2.51. The minimum Gasteiger partial charge on any atom is -0.394 e. The maximum Gasteiger partial charge on any atom is 0.300 e. The van der Waals surface area contributed by atoms with Crippen molar-refractivity contribution >= 4 is 23.4 Å². The minimum atomic E-state index is -0.850. The molecular formula is C13H15N5O5. The van der Waals surface area contributed by atoms with Crippen molar-refractivity contribution in [3.8, 4) is 0 Å². The number of fused-ring (bicyclic) bond motifs is 1. The van der Waals surface area contributed by atoms with Crippen molar-refractivity contribution in [2.75, 3.05) is 11.9 Å². The number of imidazole rings is 1. The van der Waals surface area contributed by atoms with Crippen molar-refractivity contribution in [1.82, 2.24) is 19.5 Å². The topological polar surface area (TPSA) is 142 Å². The number of aromatic amines is 1. The second kappa shape index (κ2) is 6.28. The van der Waals surface area contributed by atoms with Crippen molar-refractivity contribution < 1.29 is 19.7 Å². The van der Waals surface area contributed by atoms with E-state index in [2.05, 4.69) is 20.3 Å². The molecule has 0 bridgehead atoms. The number of H-pyrrole nitrogens is 1. The van der Waals surface area contributed by atoms with Crippen molar-refractivity contribution in [3.63, 3.8) is 0 Å². The summed E-state index contributed by atoms with van der Waals surface area (Å²) in [5, 5.41) is 21.9. The van der Waals surface area contributed by atoms with Crippen LogP contribution in [-0.2, 0) is 9.53 Å². The summed E-state index contributed by atoms with van der Waals surface area (Å²) in [6, 6.07) is 0. The molecule has 0 saturated carbocycles. The monoisotopic (exact) mass is 321 g/mol. The van der Waals surface area contributed by atoms with Crippen molar-refractivity contribution in [1.29, 1.82) is 0 Å². The van der Waals surface area contributed by atoms with E-state index in [1.165, 1.54) is 23.2 Å². The van der Waals surface area contributed by atoms with E-state index in [-0.39, 0.29) is 24.5 Å². The third kappa shape index (κ3) is 2.74. The highest BCUT2D eigenvalue weighted by Gasteiger charge is 2.36. The van der Waals surface area contributed by atoms with Gasteiger partial charge in [-0.05, 0) is 6.08 Å². The Bertz CT molecular complexity index is 798. The van der Waals surface area contributed by atoms with Crippen LogP contribution in [0.15, 0.2) is 23.4 Å². The van der Waals surface area contributed by atoms with Gasteiger partial charge in [0.25, 0.3) is 0 Å². The summed E-state index contributed by atoms with van der Waals surface area (Å²) in [6.45, 7) is -0.331. The normalized spacial score (nSPS) is 24.5. The lowest BCUT2D eigenvalue weighted by Crippen LogP contribution is -2.24. The average molecular weight is 321 g/mol. The molecule has 0 spiro atoms. The van der Waals surface area contributed by atoms with Crippen molar-refractivity contribution in [2.24, 2.45) is 0 Å². The molecule has 0 amide bonds. The molecule has 4 N–H and O–H groups in total. The highest BCUT2D eigenvalue weighted by atomic mass is 16.5. The van der Waals surface area contributed by atoms with Gasteiger partial charge in [0.05, 0.1) is 19.0 Å². The smallest absolute Gasteiger partial charge is 0.300 e. The molecule has 0 radical (unpaired) electrons. The molecule has 3 rings (SSSR count). The first-order valence-corrected chi connectivity index (χ1v) is 6.92. The molecule has 1 saturated heterocycles. The van der Waals surface area contributed by atoms with Crippen LogP contribution in [0.4, 0.5) is 5.95 Å². The van der Waals surface area contributed by atoms with Crippen molar-refractivity contribution in [3.05, 3.63) is 29.0 Å². The van der Waals surface area contributed by atoms with Gasteiger partial charge in [-0.1, -0.05) is 0 Å². The molecular weight excluding hydrogens is 306 g/mol. The summed E-state index contributed by atoms with van der Waals surface area (Å²) >= 11 is 0. The van der Waals surface area contributed by atoms with E-state index in [1.54, 1.807) is 0 Å². The summed E-state index contributed by atoms with van der Waals surface area (Å²) in [6.07, 6.45) is 2.38. The number of aliphatic hydroxyl groups excluding tert-OH is 2. The molecule has 0 aliphatic carbocycles. The lowest BCUT2D eigenvalue weighted by molar-refractivity contribution is -0.104. The van der Waals surface area contributed by atoms with E-state index in [0.29, 0.717) is 11.9 Å². The number of carbonyl (C=O) groups is 1. The standard InChI is InChI=1S/C13H15N5O5/c19-3-1-2-14-13-17-12(22)10-11(16-6-15-10)18(13)9-4-7(21)8(5-20)23-9/h1-3,6-9,20-21H,4-5H2,(H,15,16)(H,14,17,22)/t7-,8+,9-/m0/s1. The predicted molar refractivity (Wildman–Crippen MR) is 78.6 cm³/mol. The number of nitrogens with one attached hydrogen (secondary N) is 2. The molecule has 10 heteroatoms. The van der Waals surface area contributed by atoms with Crippen LogP contribution < -0.4 is 10.9 Å². The first-order chi connectivity index (χ1) is 11.2. The van der Waals surface area contributed by atoms with Gasteiger partial charge >= 0.3 is 5.56 Å². The number of hydrogen-bond donors (Lipinski definition) is 4. The molecule has 0 unspecified atom stereocenters. The summed E-state index contributed by atoms with van der Waals surface area (Å²) in [7, 11) is 0. The van der Waals surface area contributed by atoms with Crippen LogP contribution in [0.5, 0.6) is 0 Å². The molecule has 3 heterocycles. The Balaban J connectivity index is 2.09. The molecule has 3 atom stereocenters. The van der Waals surface area contributed by atoms with Crippen LogP contribution in [-0.4, -0.2) is 54.8 Å². The summed E-state index contributed by atoms with van der Waals surface area (Å²) in [5.41, 5.74) is -0.0312. The predicted octanol–water partition coefficient (Wildman–Crippen LogP) is -1.12. The van der Waals surface area contributed by atoms with Crippen molar-refractivity contribution in [2.45, 2.75) is 24.9 Å². The van der Waals surface area contributed by atoms with Crippen LogP contribution in [0, 0.1) is 0 Å². The fraction of sp³-hybridized carbons (Fsp3) is 0.385. The molecule has 1 fully saturated rings. The molecule has 2 aromatic heterocycles. The van der Waals surface area contributed by atoms with Gasteiger partial charge in [0.15, 0.2) is 11.2 Å². The SMILES string of the molecule is O=CC=CNc1nc(=O)c2[nH]cnc2n1[C@@H]1C[C@H](O)[C@@H](CO)O1. The summed E-state index contributed by atoms with van der Waals surface area (Å²) < 4.78 is 7.11. The summed E-state index contributed by atoms with van der Waals surface area (Å²) in [4.78, 5) is 33.1. The Morgan fingerprint density at radius 3 is 3.09 bits per heavy atom. The van der Waals surface area contributed by atoms with Gasteiger partial charge in [0, 0.05) is 12.6 Å². The van der Waals surface area contributed by atoms with E-state index in [0.717, 1.165) is 0 Å². The van der Waals surface area contributed by atoms with Crippen LogP contribution >= 0.6 is 0 Å². The van der Waals surface area contributed by atoms with E-state index in [4.69, 9.17) is 4.74 Å². The maximum absolute atomic E-state index is 12.0. The van der Waals surface area contributed by atoms with E-state index < -0.39 is 24.0 Å². The number of rotatable bonds is 5. The molecule has 1 aliphatic rings. The maximum atomic E-state index is 12.0. The van der Waals surface area contributed by atoms with Gasteiger partial charge in [-0.25, -0.2) is 4.98 Å². The van der Waals surface area contributed by atoms with E-state index in [1.807, 2.05) is 0 Å². The van der Waals surface area contributed by atoms with E-state index >= 15 is 0 Å². The number of nitrogens with zero attached hydrogens (tertiary/aromatic N) is 3. The number of aldehydes is 1. The second-order valence-electron chi connectivity index (χ2n) is 4.97. The Kier molecular flexibility index (Phi) is 4.19. The highest BCUT2D eigenvalue weighted by Crippen LogP contribution is 2.32. The van der Waals surface area contributed by atoms with Gasteiger partial charge < -0.3 is 25.3 Å². The lowest BCUT2D eigenvalue weighted by Gasteiger charge is -2.19. The third-order valence-corrected chi connectivity index (χ3v) is 3.56. The average Bonchev–Trinajstić information content (AvgIpc) is 3.15. The molecule has 0 aromatic carbocycles. The Morgan fingerprint density at radius 2 is 2.39 bits per heavy atom. The van der Waals surface area contributed by atoms with Gasteiger partial charge in [0.2, 0.25) is 5.95 Å². The van der Waals surface area contributed by atoms with Gasteiger partial charge in [-0.15, -0.1) is 0 Å². The number of ether oxygens (including phenoxy) is 1. The largest absolute Gasteiger partial charge is 0.394 e. The molecule has 23 heavy (non-hydrogen) atoms. The first kappa shape index (κ1) is 15.3. The van der Waals surface area contributed by atoms with Gasteiger partial charge in [0.1, 0.15) is 18.6 Å². The molecule has 10 nitrogen and oxygen atoms in total. The Hall–Kier alpha value is -2.56. The van der Waals surface area contributed by atoms with Crippen LogP contribution in [0.3, 0.4) is 0 Å². The highest BCUT2D eigenvalue weighted by molar-refractivity contribution is 5.71. The third-order valence-electron chi connectivity index (χ3n) is 3.56. The van der Waals surface area contributed by atoms with Crippen LogP contribution in [0.1, 0.15) is 12.6 Å². The van der Waals surface area contributed by atoms with Crippen LogP contribution in [0.2, 0.25) is 0 Å². The molecule has 2 aromatic rings. The fourth-order valence-corrected chi connectivity index (χ4v) is 2.51. The molecule has 122 valence electrons. The number of aromatic nitrogens is 4.